The number of aromatic nitrogens is 3. The van der Waals surface area contributed by atoms with Crippen LogP contribution in [-0.2, 0) is 17.9 Å². The normalized spacial score (nSPS) is 10.6. The van der Waals surface area contributed by atoms with E-state index >= 15 is 0 Å². The van der Waals surface area contributed by atoms with E-state index in [0.29, 0.717) is 41.9 Å². The van der Waals surface area contributed by atoms with Gasteiger partial charge in [0.1, 0.15) is 5.52 Å². The smallest absolute Gasteiger partial charge is 0.277 e. The maximum Gasteiger partial charge on any atom is 0.277 e. The molecule has 1 amide bonds. The lowest BCUT2D eigenvalue weighted by atomic mass is 10.2. The van der Waals surface area contributed by atoms with E-state index in [0.717, 1.165) is 5.56 Å². The number of rotatable bonds is 8. The molecule has 28 heavy (non-hydrogen) atoms. The summed E-state index contributed by atoms with van der Waals surface area (Å²) in [5, 5.41) is 11.3. The first-order valence-electron chi connectivity index (χ1n) is 8.92. The molecule has 1 aromatic heterocycles. The third-order valence-corrected chi connectivity index (χ3v) is 4.34. The van der Waals surface area contributed by atoms with Gasteiger partial charge >= 0.3 is 0 Å². The van der Waals surface area contributed by atoms with Gasteiger partial charge in [-0.1, -0.05) is 23.4 Å². The minimum Gasteiger partial charge on any atom is -0.493 e. The van der Waals surface area contributed by atoms with Crippen molar-refractivity contribution in [2.75, 3.05) is 14.2 Å². The Kier molecular flexibility index (Phi) is 6.21. The van der Waals surface area contributed by atoms with Crippen LogP contribution in [0.25, 0.3) is 10.9 Å². The molecular weight excluding hydrogens is 360 g/mol. The standard InChI is InChI=1S/C20H22N4O4/c1-27-17-10-9-14(12-18(17)28-2)13-21-19(25)8-5-11-24-20(26)15-6-3-4-7-16(15)22-23-24/h3-4,6-7,9-10,12H,5,8,11,13H2,1-2H3,(H,21,25). The first-order chi connectivity index (χ1) is 13.6. The Morgan fingerprint density at radius 2 is 1.89 bits per heavy atom. The van der Waals surface area contributed by atoms with E-state index in [1.807, 2.05) is 18.2 Å². The van der Waals surface area contributed by atoms with Crippen molar-refractivity contribution in [1.29, 1.82) is 0 Å². The number of aryl methyl sites for hydroxylation is 1. The Bertz CT molecular complexity index is 1030. The number of hydrogen-bond acceptors (Lipinski definition) is 6. The molecule has 8 nitrogen and oxygen atoms in total. The van der Waals surface area contributed by atoms with Gasteiger partial charge in [0, 0.05) is 19.5 Å². The van der Waals surface area contributed by atoms with Crippen molar-refractivity contribution in [2.45, 2.75) is 25.9 Å². The highest BCUT2D eigenvalue weighted by molar-refractivity contribution is 5.76. The van der Waals surface area contributed by atoms with E-state index in [1.165, 1.54) is 4.68 Å². The highest BCUT2D eigenvalue weighted by atomic mass is 16.5. The van der Waals surface area contributed by atoms with E-state index in [2.05, 4.69) is 15.6 Å². The van der Waals surface area contributed by atoms with Crippen LogP contribution in [0.15, 0.2) is 47.3 Å². The van der Waals surface area contributed by atoms with Gasteiger partial charge in [-0.2, -0.15) is 0 Å². The Labute approximate surface area is 162 Å². The molecular formula is C20H22N4O4. The minimum atomic E-state index is -0.198. The van der Waals surface area contributed by atoms with Crippen molar-refractivity contribution >= 4 is 16.8 Å². The molecule has 8 heteroatoms. The average molecular weight is 382 g/mol. The van der Waals surface area contributed by atoms with Crippen LogP contribution in [0.1, 0.15) is 18.4 Å². The molecule has 2 aromatic carbocycles. The van der Waals surface area contributed by atoms with Crippen LogP contribution in [0.2, 0.25) is 0 Å². The van der Waals surface area contributed by atoms with Gasteiger partial charge in [-0.15, -0.1) is 5.10 Å². The van der Waals surface area contributed by atoms with Crippen molar-refractivity contribution in [3.8, 4) is 11.5 Å². The van der Waals surface area contributed by atoms with Crippen LogP contribution in [0, 0.1) is 0 Å². The predicted molar refractivity (Wildman–Crippen MR) is 104 cm³/mol. The number of nitrogens with zero attached hydrogens (tertiary/aromatic N) is 3. The maximum atomic E-state index is 12.4. The lowest BCUT2D eigenvalue weighted by Crippen LogP contribution is -2.26. The molecule has 0 aliphatic carbocycles. The van der Waals surface area contributed by atoms with Gasteiger partial charge in [-0.25, -0.2) is 4.68 Å². The second kappa shape index (κ2) is 8.98. The van der Waals surface area contributed by atoms with E-state index < -0.39 is 0 Å². The van der Waals surface area contributed by atoms with Crippen molar-refractivity contribution in [3.05, 3.63) is 58.4 Å². The highest BCUT2D eigenvalue weighted by Crippen LogP contribution is 2.27. The summed E-state index contributed by atoms with van der Waals surface area (Å²) in [6.45, 7) is 0.718. The summed E-state index contributed by atoms with van der Waals surface area (Å²) in [5.74, 6) is 1.15. The van der Waals surface area contributed by atoms with Crippen LogP contribution in [-0.4, -0.2) is 35.1 Å². The lowest BCUT2D eigenvalue weighted by molar-refractivity contribution is -0.121. The van der Waals surface area contributed by atoms with Gasteiger partial charge in [0.2, 0.25) is 5.91 Å². The van der Waals surface area contributed by atoms with Crippen LogP contribution in [0.5, 0.6) is 11.5 Å². The summed E-state index contributed by atoms with van der Waals surface area (Å²) in [7, 11) is 3.14. The second-order valence-electron chi connectivity index (χ2n) is 6.20. The summed E-state index contributed by atoms with van der Waals surface area (Å²) in [4.78, 5) is 24.5. The zero-order chi connectivity index (χ0) is 19.9. The SMILES string of the molecule is COc1ccc(CNC(=O)CCCn2nnc3ccccc3c2=O)cc1OC. The predicted octanol–water partition coefficient (Wildman–Crippen LogP) is 1.91. The molecule has 0 unspecified atom stereocenters. The summed E-state index contributed by atoms with van der Waals surface area (Å²) in [6.07, 6.45) is 0.777. The Hall–Kier alpha value is -3.42. The lowest BCUT2D eigenvalue weighted by Gasteiger charge is -2.10. The van der Waals surface area contributed by atoms with Gasteiger partial charge in [-0.3, -0.25) is 9.59 Å². The van der Waals surface area contributed by atoms with Crippen LogP contribution in [0.4, 0.5) is 0 Å². The summed E-state index contributed by atoms with van der Waals surface area (Å²) in [6, 6.07) is 12.6. The quantitative estimate of drug-likeness (QED) is 0.639. The monoisotopic (exact) mass is 382 g/mol. The molecule has 0 aliphatic rings. The molecule has 1 N–H and O–H groups in total. The van der Waals surface area contributed by atoms with Crippen molar-refractivity contribution < 1.29 is 14.3 Å². The molecule has 1 heterocycles. The van der Waals surface area contributed by atoms with Gasteiger partial charge in [0.25, 0.3) is 5.56 Å². The van der Waals surface area contributed by atoms with Gasteiger partial charge < -0.3 is 14.8 Å². The van der Waals surface area contributed by atoms with Crippen molar-refractivity contribution in [2.24, 2.45) is 0 Å². The van der Waals surface area contributed by atoms with Crippen LogP contribution < -0.4 is 20.3 Å². The third kappa shape index (κ3) is 4.46. The number of nitrogens with one attached hydrogen (secondary N) is 1. The molecule has 0 spiro atoms. The van der Waals surface area contributed by atoms with E-state index in [-0.39, 0.29) is 17.9 Å². The van der Waals surface area contributed by atoms with Gasteiger partial charge in [0.15, 0.2) is 11.5 Å². The zero-order valence-electron chi connectivity index (χ0n) is 15.8. The Morgan fingerprint density at radius 3 is 2.68 bits per heavy atom. The number of methoxy groups -OCH3 is 2. The van der Waals surface area contributed by atoms with Crippen LogP contribution in [0.3, 0.4) is 0 Å². The van der Waals surface area contributed by atoms with Crippen LogP contribution >= 0.6 is 0 Å². The van der Waals surface area contributed by atoms with E-state index in [4.69, 9.17) is 9.47 Å². The number of carbonyl (C=O) groups is 1. The topological polar surface area (TPSA) is 95.3 Å². The molecule has 0 saturated heterocycles. The van der Waals surface area contributed by atoms with Crippen molar-refractivity contribution in [1.82, 2.24) is 20.3 Å². The molecule has 0 bridgehead atoms. The fraction of sp³-hybridized carbons (Fsp3) is 0.300. The molecule has 0 atom stereocenters. The molecule has 0 fully saturated rings. The van der Waals surface area contributed by atoms with Gasteiger partial charge in [0.05, 0.1) is 19.6 Å². The van der Waals surface area contributed by atoms with E-state index in [9.17, 15) is 9.59 Å². The largest absolute Gasteiger partial charge is 0.493 e. The molecule has 0 aliphatic heterocycles. The summed E-state index contributed by atoms with van der Waals surface area (Å²) in [5.41, 5.74) is 1.27. The summed E-state index contributed by atoms with van der Waals surface area (Å²) < 4.78 is 11.7. The summed E-state index contributed by atoms with van der Waals surface area (Å²) >= 11 is 0. The number of benzene rings is 2. The minimum absolute atomic E-state index is 0.100. The molecule has 3 aromatic rings. The first kappa shape index (κ1) is 19.3. The zero-order valence-corrected chi connectivity index (χ0v) is 15.8. The highest BCUT2D eigenvalue weighted by Gasteiger charge is 2.08. The molecule has 146 valence electrons. The number of ether oxygens (including phenoxy) is 2. The Balaban J connectivity index is 1.51. The average Bonchev–Trinajstić information content (AvgIpc) is 2.73. The van der Waals surface area contributed by atoms with Crippen molar-refractivity contribution in [3.63, 3.8) is 0 Å². The fourth-order valence-corrected chi connectivity index (χ4v) is 2.84. The molecule has 0 saturated carbocycles. The third-order valence-electron chi connectivity index (χ3n) is 4.34. The number of amides is 1. The Morgan fingerprint density at radius 1 is 1.11 bits per heavy atom. The first-order valence-corrected chi connectivity index (χ1v) is 8.92. The number of hydrogen-bond donors (Lipinski definition) is 1. The molecule has 3 rings (SSSR count). The van der Waals surface area contributed by atoms with Gasteiger partial charge in [-0.05, 0) is 36.2 Å². The fourth-order valence-electron chi connectivity index (χ4n) is 2.84. The molecule has 0 radical (unpaired) electrons. The number of fused-ring (bicyclic) bond motifs is 1. The second-order valence-corrected chi connectivity index (χ2v) is 6.20. The maximum absolute atomic E-state index is 12.4. The van der Waals surface area contributed by atoms with E-state index in [1.54, 1.807) is 38.5 Å². The number of carbonyl (C=O) groups excluding carboxylic acids is 1.